The van der Waals surface area contributed by atoms with Crippen molar-refractivity contribution < 1.29 is 19.4 Å². The van der Waals surface area contributed by atoms with Crippen LogP contribution in [0.25, 0.3) is 0 Å². The molecule has 1 rings (SSSR count). The van der Waals surface area contributed by atoms with Gasteiger partial charge < -0.3 is 15.2 Å². The Hall–Kier alpha value is -2.55. The third kappa shape index (κ3) is 3.98. The number of nitrogens with one attached hydrogen (secondary N) is 1. The maximum atomic E-state index is 12.1. The molecule has 2 N–H and O–H groups in total. The smallest absolute Gasteiger partial charge is 0.342 e. The predicted octanol–water partition coefficient (Wildman–Crippen LogP) is 1.99. The molecule has 0 heterocycles. The number of phenolic OH excluding ortho intramolecular Hbond substituents is 1. The van der Waals surface area contributed by atoms with E-state index in [1.165, 1.54) is 19.1 Å². The molecule has 0 saturated carbocycles. The number of hydrogen-bond donors (Lipinski definition) is 2. The Morgan fingerprint density at radius 1 is 1.32 bits per heavy atom. The number of hydrogen-bond acceptors (Lipinski definition) is 5. The van der Waals surface area contributed by atoms with Crippen LogP contribution in [-0.2, 0) is 9.53 Å². The van der Waals surface area contributed by atoms with Crippen molar-refractivity contribution in [2.24, 2.45) is 5.92 Å². The van der Waals surface area contributed by atoms with Gasteiger partial charge in [0.15, 0.2) is 6.10 Å². The highest BCUT2D eigenvalue weighted by molar-refractivity contribution is 5.94. The van der Waals surface area contributed by atoms with Gasteiger partial charge >= 0.3 is 5.97 Å². The van der Waals surface area contributed by atoms with Crippen molar-refractivity contribution >= 4 is 11.9 Å². The molecule has 1 aromatic carbocycles. The van der Waals surface area contributed by atoms with Crippen molar-refractivity contribution in [1.82, 2.24) is 5.32 Å². The van der Waals surface area contributed by atoms with Crippen LogP contribution in [0.1, 0.15) is 38.1 Å². The number of ether oxygens (including phenoxy) is 1. The fourth-order valence-corrected chi connectivity index (χ4v) is 1.58. The van der Waals surface area contributed by atoms with Gasteiger partial charge in [0.2, 0.25) is 0 Å². The van der Waals surface area contributed by atoms with Crippen LogP contribution in [0, 0.1) is 17.2 Å². The number of nitrogens with zero attached hydrogens (tertiary/aromatic N) is 1. The molecule has 0 aliphatic heterocycles. The van der Waals surface area contributed by atoms with E-state index in [2.05, 4.69) is 5.32 Å². The lowest BCUT2D eigenvalue weighted by Gasteiger charge is -2.28. The summed E-state index contributed by atoms with van der Waals surface area (Å²) < 4.78 is 5.03. The monoisotopic (exact) mass is 304 g/mol. The summed E-state index contributed by atoms with van der Waals surface area (Å²) in [6, 6.07) is 7.95. The highest BCUT2D eigenvalue weighted by Gasteiger charge is 2.32. The maximum Gasteiger partial charge on any atom is 0.342 e. The minimum Gasteiger partial charge on any atom is -0.507 e. The van der Waals surface area contributed by atoms with Gasteiger partial charge in [0.1, 0.15) is 16.9 Å². The van der Waals surface area contributed by atoms with Gasteiger partial charge in [-0.05, 0) is 31.9 Å². The molecule has 0 bridgehead atoms. The van der Waals surface area contributed by atoms with Crippen molar-refractivity contribution in [2.45, 2.75) is 39.3 Å². The van der Waals surface area contributed by atoms with E-state index in [1.54, 1.807) is 19.1 Å². The van der Waals surface area contributed by atoms with Gasteiger partial charge in [-0.1, -0.05) is 26.0 Å². The van der Waals surface area contributed by atoms with Crippen molar-refractivity contribution in [3.05, 3.63) is 29.8 Å². The molecular weight excluding hydrogens is 284 g/mol. The average molecular weight is 304 g/mol. The molecule has 2 unspecified atom stereocenters. The van der Waals surface area contributed by atoms with Crippen LogP contribution in [0.15, 0.2) is 24.3 Å². The van der Waals surface area contributed by atoms with Crippen LogP contribution in [0.2, 0.25) is 0 Å². The van der Waals surface area contributed by atoms with Gasteiger partial charge in [0.25, 0.3) is 5.91 Å². The Balaban J connectivity index is 2.75. The molecular formula is C16H20N2O4. The molecule has 2 atom stereocenters. The average Bonchev–Trinajstić information content (AvgIpc) is 2.46. The maximum absolute atomic E-state index is 12.1. The summed E-state index contributed by atoms with van der Waals surface area (Å²) in [5.41, 5.74) is -1.07. The topological polar surface area (TPSA) is 99.4 Å². The third-order valence-electron chi connectivity index (χ3n) is 3.55. The van der Waals surface area contributed by atoms with Crippen molar-refractivity contribution in [1.29, 1.82) is 5.26 Å². The minimum atomic E-state index is -1.08. The molecule has 22 heavy (non-hydrogen) atoms. The number of aromatic hydroxyl groups is 1. The summed E-state index contributed by atoms with van der Waals surface area (Å²) in [6.45, 7) is 6.63. The second kappa shape index (κ2) is 6.94. The van der Waals surface area contributed by atoms with Crippen molar-refractivity contribution in [2.75, 3.05) is 0 Å². The highest BCUT2D eigenvalue weighted by Crippen LogP contribution is 2.18. The zero-order valence-electron chi connectivity index (χ0n) is 13.1. The van der Waals surface area contributed by atoms with Gasteiger partial charge in [-0.2, -0.15) is 5.26 Å². The first-order valence-electron chi connectivity index (χ1n) is 6.93. The Morgan fingerprint density at radius 3 is 2.41 bits per heavy atom. The van der Waals surface area contributed by atoms with Crippen LogP contribution in [0.4, 0.5) is 0 Å². The first kappa shape index (κ1) is 17.5. The second-order valence-corrected chi connectivity index (χ2v) is 5.52. The van der Waals surface area contributed by atoms with E-state index in [0.717, 1.165) is 0 Å². The molecule has 0 aliphatic rings. The zero-order valence-corrected chi connectivity index (χ0v) is 13.1. The number of rotatable bonds is 5. The summed E-state index contributed by atoms with van der Waals surface area (Å²) in [4.78, 5) is 24.0. The number of nitriles is 1. The number of phenols is 1. The fraction of sp³-hybridized carbons (Fsp3) is 0.438. The van der Waals surface area contributed by atoms with E-state index in [0.29, 0.717) is 0 Å². The molecule has 0 saturated heterocycles. The van der Waals surface area contributed by atoms with Gasteiger partial charge in [-0.25, -0.2) is 4.79 Å². The normalized spacial score (nSPS) is 14.5. The summed E-state index contributed by atoms with van der Waals surface area (Å²) in [5, 5.41) is 21.3. The summed E-state index contributed by atoms with van der Waals surface area (Å²) in [6.07, 6.45) is -1.08. The summed E-state index contributed by atoms with van der Waals surface area (Å²) in [5.74, 6) is -1.70. The molecule has 1 aromatic rings. The Labute approximate surface area is 129 Å². The van der Waals surface area contributed by atoms with E-state index in [4.69, 9.17) is 4.74 Å². The quantitative estimate of drug-likeness (QED) is 0.810. The highest BCUT2D eigenvalue weighted by atomic mass is 16.5. The van der Waals surface area contributed by atoms with Gasteiger partial charge in [-0.15, -0.1) is 0 Å². The first-order valence-corrected chi connectivity index (χ1v) is 6.93. The number of para-hydroxylation sites is 1. The molecule has 1 amide bonds. The van der Waals surface area contributed by atoms with Crippen LogP contribution in [-0.4, -0.2) is 28.6 Å². The standard InChI is InChI=1S/C16H20N2O4/c1-10(2)16(4,9-17)18-14(20)11(3)22-15(21)12-7-5-6-8-13(12)19/h5-8,10-11,19H,1-4H3,(H,18,20). The summed E-state index contributed by atoms with van der Waals surface area (Å²) in [7, 11) is 0. The van der Waals surface area contributed by atoms with Crippen molar-refractivity contribution in [3.63, 3.8) is 0 Å². The number of esters is 1. The third-order valence-corrected chi connectivity index (χ3v) is 3.55. The number of carbonyl (C=O) groups is 2. The lowest BCUT2D eigenvalue weighted by molar-refractivity contribution is -0.130. The van der Waals surface area contributed by atoms with Crippen LogP contribution >= 0.6 is 0 Å². The fourth-order valence-electron chi connectivity index (χ4n) is 1.58. The molecule has 0 spiro atoms. The lowest BCUT2D eigenvalue weighted by Crippen LogP contribution is -2.52. The second-order valence-electron chi connectivity index (χ2n) is 5.52. The Bertz CT molecular complexity index is 606. The minimum absolute atomic E-state index is 0.0194. The van der Waals surface area contributed by atoms with E-state index < -0.39 is 23.5 Å². The Morgan fingerprint density at radius 2 is 1.91 bits per heavy atom. The van der Waals surface area contributed by atoms with Crippen LogP contribution in [0.5, 0.6) is 5.75 Å². The molecule has 0 radical (unpaired) electrons. The number of carbonyl (C=O) groups excluding carboxylic acids is 2. The van der Waals surface area contributed by atoms with E-state index in [9.17, 15) is 20.0 Å². The van der Waals surface area contributed by atoms with E-state index in [-0.39, 0.29) is 17.2 Å². The van der Waals surface area contributed by atoms with Gasteiger partial charge in [-0.3, -0.25) is 4.79 Å². The molecule has 0 aromatic heterocycles. The lowest BCUT2D eigenvalue weighted by atomic mass is 9.90. The van der Waals surface area contributed by atoms with Crippen molar-refractivity contribution in [3.8, 4) is 11.8 Å². The van der Waals surface area contributed by atoms with Crippen LogP contribution < -0.4 is 5.32 Å². The molecule has 0 aliphatic carbocycles. The molecule has 118 valence electrons. The zero-order chi connectivity index (χ0) is 16.9. The van der Waals surface area contributed by atoms with Gasteiger partial charge in [0, 0.05) is 0 Å². The Kier molecular flexibility index (Phi) is 5.52. The SMILES string of the molecule is CC(OC(=O)c1ccccc1O)C(=O)NC(C)(C#N)C(C)C. The number of benzene rings is 1. The summed E-state index contributed by atoms with van der Waals surface area (Å²) >= 11 is 0. The molecule has 6 heteroatoms. The largest absolute Gasteiger partial charge is 0.507 e. The van der Waals surface area contributed by atoms with E-state index in [1.807, 2.05) is 19.9 Å². The molecule has 0 fully saturated rings. The van der Waals surface area contributed by atoms with Crippen LogP contribution in [0.3, 0.4) is 0 Å². The first-order chi connectivity index (χ1) is 10.2. The number of amides is 1. The molecule has 6 nitrogen and oxygen atoms in total. The van der Waals surface area contributed by atoms with Gasteiger partial charge in [0.05, 0.1) is 6.07 Å². The van der Waals surface area contributed by atoms with E-state index >= 15 is 0 Å². The predicted molar refractivity (Wildman–Crippen MR) is 80.0 cm³/mol.